The maximum Gasteiger partial charge on any atom is 0.231 e. The van der Waals surface area contributed by atoms with E-state index >= 15 is 0 Å². The first kappa shape index (κ1) is 13.7. The van der Waals surface area contributed by atoms with Crippen molar-refractivity contribution in [3.8, 4) is 11.4 Å². The van der Waals surface area contributed by atoms with Gasteiger partial charge in [0.05, 0.1) is 5.92 Å². The second-order valence-electron chi connectivity index (χ2n) is 6.10. The molecule has 2 aliphatic rings. The van der Waals surface area contributed by atoms with Crippen LogP contribution in [0, 0.1) is 0 Å². The second-order valence-corrected chi connectivity index (χ2v) is 6.10. The van der Waals surface area contributed by atoms with Gasteiger partial charge in [0, 0.05) is 31.4 Å². The minimum atomic E-state index is 0.349. The zero-order valence-electron chi connectivity index (χ0n) is 12.7. The van der Waals surface area contributed by atoms with Gasteiger partial charge in [-0.05, 0) is 44.4 Å². The highest BCUT2D eigenvalue weighted by atomic mass is 16.5. The number of hydrogen-bond donors (Lipinski definition) is 1. The maximum atomic E-state index is 5.41. The topological polar surface area (TPSA) is 67.1 Å². The van der Waals surface area contributed by atoms with Crippen molar-refractivity contribution in [1.29, 1.82) is 0 Å². The lowest BCUT2D eigenvalue weighted by atomic mass is 10.1. The molecule has 0 radical (unpaired) electrons. The van der Waals surface area contributed by atoms with Gasteiger partial charge in [-0.25, -0.2) is 4.98 Å². The fourth-order valence-corrected chi connectivity index (χ4v) is 3.21. The highest BCUT2D eigenvalue weighted by Crippen LogP contribution is 2.25. The van der Waals surface area contributed by atoms with E-state index in [-0.39, 0.29) is 0 Å². The van der Waals surface area contributed by atoms with E-state index in [4.69, 9.17) is 4.52 Å². The van der Waals surface area contributed by atoms with Gasteiger partial charge in [-0.1, -0.05) is 5.16 Å². The van der Waals surface area contributed by atoms with Crippen molar-refractivity contribution in [2.75, 3.05) is 31.1 Å². The molecule has 0 bridgehead atoms. The van der Waals surface area contributed by atoms with E-state index in [9.17, 15) is 0 Å². The van der Waals surface area contributed by atoms with Crippen LogP contribution >= 0.6 is 0 Å². The number of aromatic nitrogens is 3. The average molecular weight is 299 g/mol. The summed E-state index contributed by atoms with van der Waals surface area (Å²) in [5.74, 6) is 2.77. The fourth-order valence-electron chi connectivity index (χ4n) is 3.21. The maximum absolute atomic E-state index is 5.41. The predicted molar refractivity (Wildman–Crippen MR) is 83.8 cm³/mol. The first-order valence-corrected chi connectivity index (χ1v) is 8.16. The molecule has 4 heterocycles. The number of pyridine rings is 1. The Bertz CT molecular complexity index is 612. The molecule has 6 nitrogen and oxygen atoms in total. The Morgan fingerprint density at radius 2 is 2.09 bits per heavy atom. The lowest BCUT2D eigenvalue weighted by Crippen LogP contribution is -2.29. The quantitative estimate of drug-likeness (QED) is 0.937. The van der Waals surface area contributed by atoms with Crippen LogP contribution < -0.4 is 10.2 Å². The minimum absolute atomic E-state index is 0.349. The van der Waals surface area contributed by atoms with Crippen molar-refractivity contribution in [2.45, 2.75) is 31.6 Å². The first-order chi connectivity index (χ1) is 10.9. The van der Waals surface area contributed by atoms with Crippen LogP contribution in [-0.4, -0.2) is 41.3 Å². The zero-order chi connectivity index (χ0) is 14.8. The second kappa shape index (κ2) is 6.04. The Kier molecular flexibility index (Phi) is 3.76. The van der Waals surface area contributed by atoms with E-state index in [0.717, 1.165) is 49.9 Å². The molecule has 0 aliphatic carbocycles. The van der Waals surface area contributed by atoms with Crippen LogP contribution in [0.1, 0.15) is 37.5 Å². The van der Waals surface area contributed by atoms with E-state index in [1.54, 1.807) is 0 Å². The van der Waals surface area contributed by atoms with E-state index in [1.807, 2.05) is 12.3 Å². The van der Waals surface area contributed by atoms with Gasteiger partial charge in [-0.3, -0.25) is 0 Å². The van der Waals surface area contributed by atoms with Crippen LogP contribution in [0.2, 0.25) is 0 Å². The first-order valence-electron chi connectivity index (χ1n) is 8.16. The highest BCUT2D eigenvalue weighted by Gasteiger charge is 2.23. The summed E-state index contributed by atoms with van der Waals surface area (Å²) in [6, 6.07) is 4.10. The van der Waals surface area contributed by atoms with E-state index < -0.39 is 0 Å². The smallest absolute Gasteiger partial charge is 0.231 e. The summed E-state index contributed by atoms with van der Waals surface area (Å²) in [6.07, 6.45) is 6.76. The Morgan fingerprint density at radius 3 is 2.82 bits per heavy atom. The number of rotatable bonds is 3. The molecule has 2 saturated heterocycles. The summed E-state index contributed by atoms with van der Waals surface area (Å²) in [6.45, 7) is 4.16. The predicted octanol–water partition coefficient (Wildman–Crippen LogP) is 2.20. The summed E-state index contributed by atoms with van der Waals surface area (Å²) < 4.78 is 5.41. The third-order valence-corrected chi connectivity index (χ3v) is 4.54. The van der Waals surface area contributed by atoms with Crippen molar-refractivity contribution >= 4 is 5.82 Å². The van der Waals surface area contributed by atoms with Crippen molar-refractivity contribution in [3.63, 3.8) is 0 Å². The Labute approximate surface area is 129 Å². The molecular weight excluding hydrogens is 278 g/mol. The molecule has 0 spiro atoms. The summed E-state index contributed by atoms with van der Waals surface area (Å²) >= 11 is 0. The lowest BCUT2D eigenvalue weighted by molar-refractivity contribution is 0.359. The van der Waals surface area contributed by atoms with Crippen LogP contribution in [0.5, 0.6) is 0 Å². The van der Waals surface area contributed by atoms with Crippen molar-refractivity contribution in [1.82, 2.24) is 20.4 Å². The molecule has 116 valence electrons. The fraction of sp³-hybridized carbons (Fsp3) is 0.562. The Morgan fingerprint density at radius 1 is 1.18 bits per heavy atom. The Hall–Kier alpha value is -1.95. The standard InChI is InChI=1S/C16H21N5O/c1-2-8-21(9-3-1)14-5-4-12(11-18-14)15-19-16(22-20-15)13-6-7-17-10-13/h4-5,11,13,17H,1-3,6-10H2/t13-/m0/s1. The van der Waals surface area contributed by atoms with Gasteiger partial charge in [-0.2, -0.15) is 4.98 Å². The SMILES string of the molecule is c1cc(N2CCCCC2)ncc1-c1noc([C@H]2CCNC2)n1. The molecule has 0 saturated carbocycles. The van der Waals surface area contributed by atoms with Gasteiger partial charge in [0.25, 0.3) is 0 Å². The highest BCUT2D eigenvalue weighted by molar-refractivity contribution is 5.56. The van der Waals surface area contributed by atoms with Crippen LogP contribution in [0.25, 0.3) is 11.4 Å². The van der Waals surface area contributed by atoms with Gasteiger partial charge in [-0.15, -0.1) is 0 Å². The lowest BCUT2D eigenvalue weighted by Gasteiger charge is -2.27. The van der Waals surface area contributed by atoms with E-state index in [0.29, 0.717) is 11.7 Å². The molecule has 1 atom stereocenters. The molecule has 2 aliphatic heterocycles. The third kappa shape index (κ3) is 2.70. The molecule has 0 amide bonds. The minimum Gasteiger partial charge on any atom is -0.357 e. The van der Waals surface area contributed by atoms with E-state index in [1.165, 1.54) is 19.3 Å². The zero-order valence-corrected chi connectivity index (χ0v) is 12.7. The normalized spacial score (nSPS) is 22.2. The van der Waals surface area contributed by atoms with Crippen molar-refractivity contribution in [2.24, 2.45) is 0 Å². The van der Waals surface area contributed by atoms with Crippen LogP contribution in [0.3, 0.4) is 0 Å². The molecule has 4 rings (SSSR count). The number of nitrogens with one attached hydrogen (secondary N) is 1. The average Bonchev–Trinajstić information content (AvgIpc) is 3.27. The molecule has 6 heteroatoms. The van der Waals surface area contributed by atoms with Gasteiger partial charge >= 0.3 is 0 Å². The van der Waals surface area contributed by atoms with Crippen LogP contribution in [0.4, 0.5) is 5.82 Å². The van der Waals surface area contributed by atoms with Gasteiger partial charge in [0.15, 0.2) is 0 Å². The number of hydrogen-bond acceptors (Lipinski definition) is 6. The van der Waals surface area contributed by atoms with Crippen molar-refractivity contribution in [3.05, 3.63) is 24.2 Å². The summed E-state index contributed by atoms with van der Waals surface area (Å²) in [7, 11) is 0. The van der Waals surface area contributed by atoms with Gasteiger partial charge in [0.1, 0.15) is 5.82 Å². The van der Waals surface area contributed by atoms with Crippen LogP contribution in [-0.2, 0) is 0 Å². The molecular formula is C16H21N5O. The molecule has 22 heavy (non-hydrogen) atoms. The number of nitrogens with zero attached hydrogens (tertiary/aromatic N) is 4. The van der Waals surface area contributed by atoms with Gasteiger partial charge < -0.3 is 14.7 Å². The molecule has 2 fully saturated rings. The third-order valence-electron chi connectivity index (χ3n) is 4.54. The molecule has 2 aromatic rings. The summed E-state index contributed by atoms with van der Waals surface area (Å²) in [5, 5.41) is 7.42. The molecule has 1 N–H and O–H groups in total. The number of anilines is 1. The molecule has 0 aromatic carbocycles. The molecule has 0 unspecified atom stereocenters. The largest absolute Gasteiger partial charge is 0.357 e. The van der Waals surface area contributed by atoms with Crippen LogP contribution in [0.15, 0.2) is 22.9 Å². The molecule has 2 aromatic heterocycles. The van der Waals surface area contributed by atoms with E-state index in [2.05, 4.69) is 31.4 Å². The summed E-state index contributed by atoms with van der Waals surface area (Å²) in [4.78, 5) is 11.5. The van der Waals surface area contributed by atoms with Gasteiger partial charge in [0.2, 0.25) is 11.7 Å². The number of piperidine rings is 1. The van der Waals surface area contributed by atoms with Crippen molar-refractivity contribution < 1.29 is 4.52 Å². The summed E-state index contributed by atoms with van der Waals surface area (Å²) in [5.41, 5.74) is 0.918. The monoisotopic (exact) mass is 299 g/mol. The Balaban J connectivity index is 1.50.